The topological polar surface area (TPSA) is 87.7 Å². The number of ether oxygens (including phenoxy) is 1. The lowest BCUT2D eigenvalue weighted by Gasteiger charge is -2.36. The van der Waals surface area contributed by atoms with Gasteiger partial charge < -0.3 is 20.3 Å². The summed E-state index contributed by atoms with van der Waals surface area (Å²) in [5.41, 5.74) is 2.14. The molecule has 1 saturated carbocycles. The molecule has 2 aliphatic carbocycles. The standard InChI is InChI=1S/C34H45N3O4/c1-21(2)24-13-15-25(16-14-24)35-31(38)28-27-17-19-34(41-27)29(28)33(40)37(20-18-23-10-5-4-6-11-23)30(34)32(39)36-26-12-8-7-9-22(26)3/h10,13-17,19,21-22,26-30H,4-9,11-12,18,20H2,1-3H3,(H,35,38)(H,36,39)/t22-,26+,27-,28+,29-,30-,34-/m1/s1. The molecule has 6 rings (SSSR count). The Bertz CT molecular complexity index is 1240. The maximum Gasteiger partial charge on any atom is 0.246 e. The van der Waals surface area contributed by atoms with Gasteiger partial charge >= 0.3 is 0 Å². The van der Waals surface area contributed by atoms with E-state index in [1.165, 1.54) is 30.4 Å². The monoisotopic (exact) mass is 559 g/mol. The zero-order valence-corrected chi connectivity index (χ0v) is 24.7. The third-order valence-corrected chi connectivity index (χ3v) is 10.3. The second-order valence-corrected chi connectivity index (χ2v) is 13.2. The molecule has 7 heteroatoms. The predicted molar refractivity (Wildman–Crippen MR) is 159 cm³/mol. The Morgan fingerprint density at radius 2 is 1.85 bits per heavy atom. The van der Waals surface area contributed by atoms with Crippen LogP contribution in [0.4, 0.5) is 5.69 Å². The molecule has 1 aromatic carbocycles. The molecule has 3 fully saturated rings. The summed E-state index contributed by atoms with van der Waals surface area (Å²) >= 11 is 0. The maximum absolute atomic E-state index is 14.2. The second kappa shape index (κ2) is 11.4. The van der Waals surface area contributed by atoms with E-state index >= 15 is 0 Å². The number of amides is 3. The Labute approximate surface area is 244 Å². The van der Waals surface area contributed by atoms with E-state index < -0.39 is 29.6 Å². The van der Waals surface area contributed by atoms with Gasteiger partial charge in [0.2, 0.25) is 17.7 Å². The zero-order valence-electron chi connectivity index (χ0n) is 24.7. The van der Waals surface area contributed by atoms with Crippen LogP contribution in [0.25, 0.3) is 0 Å². The van der Waals surface area contributed by atoms with E-state index in [-0.39, 0.29) is 23.8 Å². The SMILES string of the molecule is CC(C)c1ccc(NC(=O)[C@H]2[C@H]3C=C[C@@]4(O3)[C@H]2C(=O)N(CCC2=CCCCC2)[C@@H]4C(=O)N[C@H]2CCCC[C@H]2C)cc1. The van der Waals surface area contributed by atoms with E-state index in [1.807, 2.05) is 36.4 Å². The molecule has 7 nitrogen and oxygen atoms in total. The van der Waals surface area contributed by atoms with E-state index in [0.29, 0.717) is 24.1 Å². The van der Waals surface area contributed by atoms with Crippen molar-refractivity contribution >= 4 is 23.4 Å². The first-order valence-electron chi connectivity index (χ1n) is 15.9. The van der Waals surface area contributed by atoms with Crippen molar-refractivity contribution in [2.75, 3.05) is 11.9 Å². The number of anilines is 1. The van der Waals surface area contributed by atoms with Crippen LogP contribution in [0.15, 0.2) is 48.1 Å². The number of nitrogens with one attached hydrogen (secondary N) is 2. The quantitative estimate of drug-likeness (QED) is 0.413. The summed E-state index contributed by atoms with van der Waals surface area (Å²) in [6, 6.07) is 7.19. The van der Waals surface area contributed by atoms with Crippen LogP contribution in [0.3, 0.4) is 0 Å². The molecule has 2 bridgehead atoms. The maximum atomic E-state index is 14.2. The number of nitrogens with zero attached hydrogens (tertiary/aromatic N) is 1. The van der Waals surface area contributed by atoms with E-state index in [9.17, 15) is 14.4 Å². The lowest BCUT2D eigenvalue weighted by molar-refractivity contribution is -0.141. The van der Waals surface area contributed by atoms with Crippen molar-refractivity contribution in [2.45, 2.75) is 108 Å². The number of carbonyl (C=O) groups excluding carboxylic acids is 3. The van der Waals surface area contributed by atoms with Crippen LogP contribution in [0.1, 0.15) is 90.0 Å². The van der Waals surface area contributed by atoms with Crippen molar-refractivity contribution in [1.82, 2.24) is 10.2 Å². The van der Waals surface area contributed by atoms with Crippen LogP contribution in [0, 0.1) is 17.8 Å². The van der Waals surface area contributed by atoms with Gasteiger partial charge in [-0.1, -0.05) is 69.5 Å². The van der Waals surface area contributed by atoms with Gasteiger partial charge in [-0.15, -0.1) is 0 Å². The lowest BCUT2D eigenvalue weighted by atomic mass is 9.74. The first-order valence-corrected chi connectivity index (χ1v) is 15.9. The minimum atomic E-state index is -1.12. The summed E-state index contributed by atoms with van der Waals surface area (Å²) in [5, 5.41) is 6.37. The molecule has 5 aliphatic rings. The van der Waals surface area contributed by atoms with Gasteiger partial charge in [0.1, 0.15) is 11.6 Å². The van der Waals surface area contributed by atoms with Crippen LogP contribution in [-0.2, 0) is 19.1 Å². The Hall–Kier alpha value is -2.93. The molecule has 1 aromatic rings. The fraction of sp³-hybridized carbons (Fsp3) is 0.618. The molecule has 2 saturated heterocycles. The fourth-order valence-electron chi connectivity index (χ4n) is 7.87. The molecule has 2 N–H and O–H groups in total. The number of benzene rings is 1. The minimum absolute atomic E-state index is 0.0974. The van der Waals surface area contributed by atoms with E-state index in [4.69, 9.17) is 4.74 Å². The van der Waals surface area contributed by atoms with Crippen molar-refractivity contribution in [3.05, 3.63) is 53.6 Å². The normalized spacial score (nSPS) is 34.1. The molecule has 3 amide bonds. The number of hydrogen-bond acceptors (Lipinski definition) is 4. The predicted octanol–water partition coefficient (Wildman–Crippen LogP) is 5.48. The molecule has 3 aliphatic heterocycles. The summed E-state index contributed by atoms with van der Waals surface area (Å²) < 4.78 is 6.54. The Morgan fingerprint density at radius 1 is 1.07 bits per heavy atom. The van der Waals surface area contributed by atoms with Crippen molar-refractivity contribution < 1.29 is 19.1 Å². The number of rotatable bonds is 8. The van der Waals surface area contributed by atoms with Gasteiger partial charge in [-0.25, -0.2) is 0 Å². The molecular weight excluding hydrogens is 514 g/mol. The highest BCUT2D eigenvalue weighted by molar-refractivity contribution is 6.02. The lowest BCUT2D eigenvalue weighted by Crippen LogP contribution is -2.57. The zero-order chi connectivity index (χ0) is 28.7. The van der Waals surface area contributed by atoms with Crippen LogP contribution in [0.5, 0.6) is 0 Å². The Kier molecular flexibility index (Phi) is 7.84. The summed E-state index contributed by atoms with van der Waals surface area (Å²) in [6.45, 7) is 6.93. The molecule has 0 unspecified atom stereocenters. The van der Waals surface area contributed by atoms with Gasteiger partial charge in [-0.05, 0) is 74.5 Å². The highest BCUT2D eigenvalue weighted by Crippen LogP contribution is 2.55. The summed E-state index contributed by atoms with van der Waals surface area (Å²) in [7, 11) is 0. The van der Waals surface area contributed by atoms with Crippen LogP contribution in [-0.4, -0.2) is 53.0 Å². The average Bonchev–Trinajstić information content (AvgIpc) is 3.61. The third-order valence-electron chi connectivity index (χ3n) is 10.3. The summed E-state index contributed by atoms with van der Waals surface area (Å²) in [4.78, 5) is 43.8. The van der Waals surface area contributed by atoms with Gasteiger partial charge in [-0.3, -0.25) is 14.4 Å². The van der Waals surface area contributed by atoms with Gasteiger partial charge in [-0.2, -0.15) is 0 Å². The van der Waals surface area contributed by atoms with Gasteiger partial charge in [0, 0.05) is 18.3 Å². The van der Waals surface area contributed by atoms with E-state index in [2.05, 4.69) is 37.5 Å². The summed E-state index contributed by atoms with van der Waals surface area (Å²) in [6.07, 6.45) is 15.2. The molecule has 1 spiro atoms. The number of fused-ring (bicyclic) bond motifs is 1. The highest BCUT2D eigenvalue weighted by Gasteiger charge is 2.72. The largest absolute Gasteiger partial charge is 0.359 e. The molecule has 3 heterocycles. The van der Waals surface area contributed by atoms with Crippen LogP contribution < -0.4 is 10.6 Å². The van der Waals surface area contributed by atoms with Crippen LogP contribution in [0.2, 0.25) is 0 Å². The molecular formula is C34H45N3O4. The van der Waals surface area contributed by atoms with Crippen LogP contribution >= 0.6 is 0 Å². The van der Waals surface area contributed by atoms with E-state index in [1.54, 1.807) is 4.90 Å². The van der Waals surface area contributed by atoms with Crippen molar-refractivity contribution in [1.29, 1.82) is 0 Å². The highest BCUT2D eigenvalue weighted by atomic mass is 16.5. The number of carbonyl (C=O) groups is 3. The first kappa shape index (κ1) is 28.2. The Morgan fingerprint density at radius 3 is 2.56 bits per heavy atom. The minimum Gasteiger partial charge on any atom is -0.359 e. The molecule has 220 valence electrons. The number of allylic oxidation sites excluding steroid dienone is 1. The molecule has 7 atom stereocenters. The average molecular weight is 560 g/mol. The summed E-state index contributed by atoms with van der Waals surface area (Å²) in [5.74, 6) is -1.11. The first-order chi connectivity index (χ1) is 19.8. The van der Waals surface area contributed by atoms with Crippen molar-refractivity contribution in [2.24, 2.45) is 17.8 Å². The number of likely N-dealkylation sites (tertiary alicyclic amines) is 1. The van der Waals surface area contributed by atoms with Gasteiger partial charge in [0.15, 0.2) is 0 Å². The van der Waals surface area contributed by atoms with Gasteiger partial charge in [0.05, 0.1) is 17.9 Å². The molecule has 0 aromatic heterocycles. The molecule has 0 radical (unpaired) electrons. The third kappa shape index (κ3) is 5.15. The number of hydrogen-bond donors (Lipinski definition) is 2. The van der Waals surface area contributed by atoms with E-state index in [0.717, 1.165) is 38.5 Å². The van der Waals surface area contributed by atoms with Crippen molar-refractivity contribution in [3.8, 4) is 0 Å². The van der Waals surface area contributed by atoms with Crippen molar-refractivity contribution in [3.63, 3.8) is 0 Å². The Balaban J connectivity index is 1.26. The molecule has 41 heavy (non-hydrogen) atoms. The second-order valence-electron chi connectivity index (χ2n) is 13.2. The fourth-order valence-corrected chi connectivity index (χ4v) is 7.87. The van der Waals surface area contributed by atoms with Gasteiger partial charge in [0.25, 0.3) is 0 Å². The smallest absolute Gasteiger partial charge is 0.246 e.